The minimum absolute atomic E-state index is 0.0508. The molecule has 2 amide bonds. The van der Waals surface area contributed by atoms with Gasteiger partial charge in [-0.3, -0.25) is 24.5 Å². The van der Waals surface area contributed by atoms with Crippen LogP contribution < -0.4 is 10.6 Å². The molecule has 2 heterocycles. The molecule has 3 aromatic rings. The van der Waals surface area contributed by atoms with Crippen LogP contribution in [0.2, 0.25) is 0 Å². The molecular weight excluding hydrogens is 402 g/mol. The minimum atomic E-state index is -0.0974. The zero-order valence-corrected chi connectivity index (χ0v) is 18.3. The molecule has 0 spiro atoms. The summed E-state index contributed by atoms with van der Waals surface area (Å²) in [5, 5.41) is 5.83. The number of carbonyl (C=O) groups excluding carboxylic acids is 2. The molecule has 0 radical (unpaired) electrons. The first-order valence-corrected chi connectivity index (χ1v) is 10.8. The molecule has 1 aromatic carbocycles. The lowest BCUT2D eigenvalue weighted by Crippen LogP contribution is -2.33. The molecule has 0 fully saturated rings. The van der Waals surface area contributed by atoms with Crippen LogP contribution in [0.1, 0.15) is 30.3 Å². The molecule has 0 saturated carbocycles. The Morgan fingerprint density at radius 2 is 1.47 bits per heavy atom. The van der Waals surface area contributed by atoms with E-state index < -0.39 is 0 Å². The third-order valence-electron chi connectivity index (χ3n) is 4.89. The van der Waals surface area contributed by atoms with Crippen LogP contribution in [0.15, 0.2) is 73.1 Å². The van der Waals surface area contributed by atoms with E-state index in [2.05, 4.69) is 20.6 Å². The second-order valence-corrected chi connectivity index (χ2v) is 7.49. The average Bonchev–Trinajstić information content (AvgIpc) is 2.81. The van der Waals surface area contributed by atoms with Crippen molar-refractivity contribution in [2.24, 2.45) is 0 Å². The van der Waals surface area contributed by atoms with E-state index in [9.17, 15) is 9.59 Å². The highest BCUT2D eigenvalue weighted by atomic mass is 16.2. The normalized spacial score (nSPS) is 10.7. The lowest BCUT2D eigenvalue weighted by molar-refractivity contribution is -0.120. The summed E-state index contributed by atoms with van der Waals surface area (Å²) in [4.78, 5) is 34.8. The first kappa shape index (κ1) is 23.1. The fraction of sp³-hybridized carbons (Fsp3) is 0.280. The van der Waals surface area contributed by atoms with Crippen LogP contribution in [0, 0.1) is 0 Å². The van der Waals surface area contributed by atoms with E-state index >= 15 is 0 Å². The van der Waals surface area contributed by atoms with Gasteiger partial charge in [0.1, 0.15) is 0 Å². The summed E-state index contributed by atoms with van der Waals surface area (Å²) in [5.74, 6) is -0.0466. The van der Waals surface area contributed by atoms with Gasteiger partial charge in [0.2, 0.25) is 11.8 Å². The van der Waals surface area contributed by atoms with Gasteiger partial charge in [-0.1, -0.05) is 31.2 Å². The summed E-state index contributed by atoms with van der Waals surface area (Å²) >= 11 is 0. The van der Waals surface area contributed by atoms with Gasteiger partial charge in [0.05, 0.1) is 17.9 Å². The number of amides is 2. The second kappa shape index (κ2) is 12.3. The van der Waals surface area contributed by atoms with Gasteiger partial charge in [-0.05, 0) is 48.4 Å². The molecule has 3 rings (SSSR count). The lowest BCUT2D eigenvalue weighted by Gasteiger charge is -2.21. The van der Waals surface area contributed by atoms with Crippen LogP contribution in [0.25, 0.3) is 0 Å². The standard InChI is InChI=1S/C25H29N5O2/c1-2-24(31)28-16-13-20-9-11-21(12-10-20)29-25(32)19-30(17-22-7-3-5-14-26-22)18-23-8-4-6-15-27-23/h3-12,14-15H,2,13,16-19H2,1H3,(H,28,31)(H,29,32). The Morgan fingerprint density at radius 1 is 0.844 bits per heavy atom. The first-order valence-electron chi connectivity index (χ1n) is 10.8. The Hall–Kier alpha value is -3.58. The SMILES string of the molecule is CCC(=O)NCCc1ccc(NC(=O)CN(Cc2ccccn2)Cc2ccccn2)cc1. The molecule has 0 bridgehead atoms. The van der Waals surface area contributed by atoms with Crippen LogP contribution in [0.3, 0.4) is 0 Å². The maximum Gasteiger partial charge on any atom is 0.238 e. The van der Waals surface area contributed by atoms with Gasteiger partial charge in [0, 0.05) is 44.1 Å². The van der Waals surface area contributed by atoms with Crippen molar-refractivity contribution in [3.8, 4) is 0 Å². The van der Waals surface area contributed by atoms with Crippen LogP contribution in [-0.4, -0.2) is 39.8 Å². The monoisotopic (exact) mass is 431 g/mol. The Morgan fingerprint density at radius 3 is 2.00 bits per heavy atom. The van der Waals surface area contributed by atoms with E-state index in [1.165, 1.54) is 0 Å². The second-order valence-electron chi connectivity index (χ2n) is 7.49. The van der Waals surface area contributed by atoms with Crippen LogP contribution >= 0.6 is 0 Å². The molecule has 0 aliphatic rings. The number of anilines is 1. The summed E-state index contributed by atoms with van der Waals surface area (Å²) in [6.45, 7) is 3.76. The van der Waals surface area contributed by atoms with Crippen molar-refractivity contribution in [3.63, 3.8) is 0 Å². The van der Waals surface area contributed by atoms with Crippen molar-refractivity contribution in [2.45, 2.75) is 32.9 Å². The van der Waals surface area contributed by atoms with Gasteiger partial charge in [-0.25, -0.2) is 0 Å². The maximum atomic E-state index is 12.7. The number of rotatable bonds is 11. The van der Waals surface area contributed by atoms with Gasteiger partial charge in [-0.15, -0.1) is 0 Å². The van der Waals surface area contributed by atoms with Crippen LogP contribution in [-0.2, 0) is 29.1 Å². The van der Waals surface area contributed by atoms with Crippen molar-refractivity contribution in [3.05, 3.63) is 90.0 Å². The zero-order valence-electron chi connectivity index (χ0n) is 18.3. The smallest absolute Gasteiger partial charge is 0.238 e. The highest BCUT2D eigenvalue weighted by Gasteiger charge is 2.14. The Labute approximate surface area is 188 Å². The highest BCUT2D eigenvalue weighted by molar-refractivity contribution is 5.92. The summed E-state index contributed by atoms with van der Waals surface area (Å²) in [6.07, 6.45) is 4.75. The van der Waals surface area contributed by atoms with E-state index in [0.29, 0.717) is 26.1 Å². The molecule has 2 aromatic heterocycles. The van der Waals surface area contributed by atoms with Crippen LogP contribution in [0.4, 0.5) is 5.69 Å². The predicted octanol–water partition coefficient (Wildman–Crippen LogP) is 3.19. The lowest BCUT2D eigenvalue weighted by atomic mass is 10.1. The summed E-state index contributed by atoms with van der Waals surface area (Å²) in [7, 11) is 0. The summed E-state index contributed by atoms with van der Waals surface area (Å²) in [6, 6.07) is 19.2. The van der Waals surface area contributed by atoms with Gasteiger partial charge in [0.25, 0.3) is 0 Å². The number of hydrogen-bond acceptors (Lipinski definition) is 5. The fourth-order valence-electron chi connectivity index (χ4n) is 3.24. The molecule has 0 aliphatic heterocycles. The van der Waals surface area contributed by atoms with Gasteiger partial charge >= 0.3 is 0 Å². The van der Waals surface area contributed by atoms with Crippen LogP contribution in [0.5, 0.6) is 0 Å². The van der Waals surface area contributed by atoms with Crippen molar-refractivity contribution < 1.29 is 9.59 Å². The Bertz CT molecular complexity index is 937. The Kier molecular flexibility index (Phi) is 8.89. The first-order chi connectivity index (χ1) is 15.6. The number of aromatic nitrogens is 2. The van der Waals surface area contributed by atoms with Gasteiger partial charge in [-0.2, -0.15) is 0 Å². The van der Waals surface area contributed by atoms with Crippen molar-refractivity contribution >= 4 is 17.5 Å². The fourth-order valence-corrected chi connectivity index (χ4v) is 3.24. The quantitative estimate of drug-likeness (QED) is 0.487. The molecule has 0 atom stereocenters. The largest absolute Gasteiger partial charge is 0.356 e. The molecule has 7 nitrogen and oxygen atoms in total. The van der Waals surface area contributed by atoms with Gasteiger partial charge in [0.15, 0.2) is 0 Å². The third-order valence-corrected chi connectivity index (χ3v) is 4.89. The van der Waals surface area contributed by atoms with E-state index in [-0.39, 0.29) is 18.4 Å². The molecular formula is C25H29N5O2. The van der Waals surface area contributed by atoms with E-state index in [4.69, 9.17) is 0 Å². The average molecular weight is 432 g/mol. The molecule has 7 heteroatoms. The molecule has 0 unspecified atom stereocenters. The summed E-state index contributed by atoms with van der Waals surface area (Å²) < 4.78 is 0. The minimum Gasteiger partial charge on any atom is -0.356 e. The number of nitrogens with zero attached hydrogens (tertiary/aromatic N) is 3. The third kappa shape index (κ3) is 7.92. The zero-order chi connectivity index (χ0) is 22.6. The number of benzene rings is 1. The van der Waals surface area contributed by atoms with Crippen molar-refractivity contribution in [2.75, 3.05) is 18.4 Å². The van der Waals surface area contributed by atoms with E-state index in [1.807, 2.05) is 72.5 Å². The van der Waals surface area contributed by atoms with E-state index in [1.54, 1.807) is 12.4 Å². The molecule has 166 valence electrons. The van der Waals surface area contributed by atoms with Crippen molar-refractivity contribution in [1.82, 2.24) is 20.2 Å². The number of hydrogen-bond donors (Lipinski definition) is 2. The Balaban J connectivity index is 1.56. The number of nitrogens with one attached hydrogen (secondary N) is 2. The summed E-state index contributed by atoms with van der Waals surface area (Å²) in [5.41, 5.74) is 3.64. The number of carbonyl (C=O) groups is 2. The highest BCUT2D eigenvalue weighted by Crippen LogP contribution is 2.11. The molecule has 0 aliphatic carbocycles. The van der Waals surface area contributed by atoms with Crippen molar-refractivity contribution in [1.29, 1.82) is 0 Å². The van der Waals surface area contributed by atoms with Gasteiger partial charge < -0.3 is 10.6 Å². The predicted molar refractivity (Wildman–Crippen MR) is 125 cm³/mol. The molecule has 2 N–H and O–H groups in total. The number of pyridine rings is 2. The topological polar surface area (TPSA) is 87.2 Å². The molecule has 32 heavy (non-hydrogen) atoms. The molecule has 0 saturated heterocycles. The van der Waals surface area contributed by atoms with E-state index in [0.717, 1.165) is 29.1 Å². The maximum absolute atomic E-state index is 12.7.